The molecule has 1 fully saturated rings. The maximum Gasteiger partial charge on any atom is 0.501 e. The smallest absolute Gasteiger partial charge is 0.357 e. The van der Waals surface area contributed by atoms with Crippen LogP contribution < -0.4 is 9.80 Å². The van der Waals surface area contributed by atoms with Gasteiger partial charge in [-0.25, -0.2) is 13.4 Å². The van der Waals surface area contributed by atoms with Crippen molar-refractivity contribution in [3.05, 3.63) is 48.2 Å². The minimum absolute atomic E-state index is 0.226. The topological polar surface area (TPSA) is 56.8 Å². The van der Waals surface area contributed by atoms with Gasteiger partial charge >= 0.3 is 5.51 Å². The molecule has 1 saturated heterocycles. The Kier molecular flexibility index (Phi) is 6.80. The maximum absolute atomic E-state index is 12.7. The second kappa shape index (κ2) is 9.04. The Labute approximate surface area is 181 Å². The van der Waals surface area contributed by atoms with Crippen LogP contribution in [0.3, 0.4) is 0 Å². The van der Waals surface area contributed by atoms with E-state index in [2.05, 4.69) is 41.6 Å². The molecule has 0 N–H and O–H groups in total. The largest absolute Gasteiger partial charge is 0.501 e. The number of halogens is 3. The molecule has 2 aromatic rings. The number of hydrogen-bond acceptors (Lipinski definition) is 6. The summed E-state index contributed by atoms with van der Waals surface area (Å²) in [5, 5.41) is 0. The van der Waals surface area contributed by atoms with Crippen LogP contribution in [0.1, 0.15) is 26.3 Å². The Morgan fingerprint density at radius 3 is 2.35 bits per heavy atom. The highest BCUT2D eigenvalue weighted by atomic mass is 32.2. The Morgan fingerprint density at radius 1 is 1.13 bits per heavy atom. The van der Waals surface area contributed by atoms with E-state index in [1.165, 1.54) is 12.1 Å². The standard InChI is InChI=1S/C21H27F3N4O2S/c1-4-26(5-2)20-12-17(10-11-25-20)14-27-15-28(13-16(27)3)18-6-8-19(9-7-18)31(29,30)21(22,23)24/h6-12,16H,4-5,13-15H2,1-3H3. The van der Waals surface area contributed by atoms with Gasteiger partial charge in [-0.15, -0.1) is 0 Å². The first-order valence-electron chi connectivity index (χ1n) is 10.2. The van der Waals surface area contributed by atoms with Gasteiger partial charge in [-0.1, -0.05) is 0 Å². The lowest BCUT2D eigenvalue weighted by Gasteiger charge is -2.23. The van der Waals surface area contributed by atoms with Crippen molar-refractivity contribution < 1.29 is 21.6 Å². The Hall–Kier alpha value is -2.33. The van der Waals surface area contributed by atoms with E-state index in [1.54, 1.807) is 6.20 Å². The third-order valence-electron chi connectivity index (χ3n) is 5.56. The first-order valence-corrected chi connectivity index (χ1v) is 11.7. The van der Waals surface area contributed by atoms with E-state index in [9.17, 15) is 21.6 Å². The highest BCUT2D eigenvalue weighted by Crippen LogP contribution is 2.32. The van der Waals surface area contributed by atoms with Crippen LogP contribution in [0.25, 0.3) is 0 Å². The maximum atomic E-state index is 12.7. The van der Waals surface area contributed by atoms with Crippen molar-refractivity contribution in [1.29, 1.82) is 0 Å². The summed E-state index contributed by atoms with van der Waals surface area (Å²) in [7, 11) is -5.33. The summed E-state index contributed by atoms with van der Waals surface area (Å²) >= 11 is 0. The SMILES string of the molecule is CCN(CC)c1cc(CN2CN(c3ccc(S(=O)(=O)C(F)(F)F)cc3)CC2C)ccn1. The molecule has 1 aliphatic rings. The zero-order valence-corrected chi connectivity index (χ0v) is 18.6. The number of hydrogen-bond donors (Lipinski definition) is 0. The monoisotopic (exact) mass is 456 g/mol. The fourth-order valence-corrected chi connectivity index (χ4v) is 4.49. The molecule has 0 aliphatic carbocycles. The number of rotatable bonds is 7. The van der Waals surface area contributed by atoms with Crippen LogP contribution in [0.5, 0.6) is 0 Å². The minimum atomic E-state index is -5.33. The van der Waals surface area contributed by atoms with Gasteiger partial charge in [-0.05, 0) is 62.7 Å². The highest BCUT2D eigenvalue weighted by Gasteiger charge is 2.46. The zero-order chi connectivity index (χ0) is 22.8. The summed E-state index contributed by atoms with van der Waals surface area (Å²) in [6.45, 7) is 10.0. The number of benzene rings is 1. The van der Waals surface area contributed by atoms with Crippen molar-refractivity contribution in [2.75, 3.05) is 36.1 Å². The lowest BCUT2D eigenvalue weighted by atomic mass is 10.2. The molecule has 6 nitrogen and oxygen atoms in total. The van der Waals surface area contributed by atoms with Gasteiger partial charge in [0.15, 0.2) is 0 Å². The third-order valence-corrected chi connectivity index (χ3v) is 7.06. The normalized spacial score (nSPS) is 17.9. The van der Waals surface area contributed by atoms with Crippen molar-refractivity contribution in [2.45, 2.75) is 43.8 Å². The summed E-state index contributed by atoms with van der Waals surface area (Å²) in [6.07, 6.45) is 1.81. The van der Waals surface area contributed by atoms with E-state index in [1.807, 2.05) is 11.0 Å². The average Bonchev–Trinajstić information content (AvgIpc) is 3.09. The van der Waals surface area contributed by atoms with Crippen LogP contribution in [-0.2, 0) is 16.4 Å². The fraction of sp³-hybridized carbons (Fsp3) is 0.476. The van der Waals surface area contributed by atoms with Crippen LogP contribution in [-0.4, -0.2) is 56.2 Å². The van der Waals surface area contributed by atoms with E-state index < -0.39 is 20.2 Å². The lowest BCUT2D eigenvalue weighted by Crippen LogP contribution is -2.28. The Bertz CT molecular complexity index is 992. The van der Waals surface area contributed by atoms with Crippen molar-refractivity contribution in [3.63, 3.8) is 0 Å². The number of sulfone groups is 1. The van der Waals surface area contributed by atoms with E-state index in [0.717, 1.165) is 43.1 Å². The van der Waals surface area contributed by atoms with E-state index in [0.29, 0.717) is 18.9 Å². The van der Waals surface area contributed by atoms with Crippen molar-refractivity contribution in [1.82, 2.24) is 9.88 Å². The molecule has 3 rings (SSSR count). The molecule has 0 bridgehead atoms. The molecule has 31 heavy (non-hydrogen) atoms. The number of anilines is 2. The van der Waals surface area contributed by atoms with Crippen LogP contribution >= 0.6 is 0 Å². The van der Waals surface area contributed by atoms with Crippen LogP contribution in [0.2, 0.25) is 0 Å². The predicted octanol–water partition coefficient (Wildman–Crippen LogP) is 3.89. The third kappa shape index (κ3) is 4.95. The molecule has 0 saturated carbocycles. The quantitative estimate of drug-likeness (QED) is 0.630. The van der Waals surface area contributed by atoms with Gasteiger partial charge < -0.3 is 9.80 Å². The predicted molar refractivity (Wildman–Crippen MR) is 115 cm³/mol. The second-order valence-electron chi connectivity index (χ2n) is 7.60. The molecule has 1 aliphatic heterocycles. The molecule has 1 unspecified atom stereocenters. The molecule has 2 heterocycles. The van der Waals surface area contributed by atoms with Crippen molar-refractivity contribution in [2.24, 2.45) is 0 Å². The first-order chi connectivity index (χ1) is 14.6. The second-order valence-corrected chi connectivity index (χ2v) is 9.54. The number of aromatic nitrogens is 1. The van der Waals surface area contributed by atoms with Gasteiger partial charge in [0, 0.05) is 44.1 Å². The summed E-state index contributed by atoms with van der Waals surface area (Å²) in [5.74, 6) is 0.938. The average molecular weight is 457 g/mol. The van der Waals surface area contributed by atoms with Gasteiger partial charge in [-0.3, -0.25) is 4.90 Å². The van der Waals surface area contributed by atoms with Gasteiger partial charge in [-0.2, -0.15) is 13.2 Å². The summed E-state index contributed by atoms with van der Waals surface area (Å²) in [4.78, 5) is 10.2. The number of nitrogens with zero attached hydrogens (tertiary/aromatic N) is 4. The fourth-order valence-electron chi connectivity index (χ4n) is 3.73. The first kappa shape index (κ1) is 23.3. The highest BCUT2D eigenvalue weighted by molar-refractivity contribution is 7.92. The van der Waals surface area contributed by atoms with Crippen LogP contribution in [0.4, 0.5) is 24.7 Å². The van der Waals surface area contributed by atoms with Crippen molar-refractivity contribution >= 4 is 21.3 Å². The van der Waals surface area contributed by atoms with Crippen molar-refractivity contribution in [3.8, 4) is 0 Å². The minimum Gasteiger partial charge on any atom is -0.357 e. The summed E-state index contributed by atoms with van der Waals surface area (Å²) in [6, 6.07) is 9.19. The molecule has 1 aromatic heterocycles. The van der Waals surface area contributed by atoms with Gasteiger partial charge in [0.2, 0.25) is 0 Å². The van der Waals surface area contributed by atoms with Crippen LogP contribution in [0.15, 0.2) is 47.5 Å². The number of alkyl halides is 3. The molecule has 0 spiro atoms. The van der Waals surface area contributed by atoms with E-state index in [4.69, 9.17) is 0 Å². The molecule has 10 heteroatoms. The lowest BCUT2D eigenvalue weighted by molar-refractivity contribution is -0.0436. The molecule has 0 amide bonds. The summed E-state index contributed by atoms with van der Waals surface area (Å²) in [5.41, 5.74) is -3.48. The molecular formula is C21H27F3N4O2S. The van der Waals surface area contributed by atoms with Gasteiger partial charge in [0.05, 0.1) is 11.6 Å². The molecule has 0 radical (unpaired) electrons. The van der Waals surface area contributed by atoms with E-state index in [-0.39, 0.29) is 6.04 Å². The Morgan fingerprint density at radius 2 is 1.77 bits per heavy atom. The molecule has 1 atom stereocenters. The molecular weight excluding hydrogens is 429 g/mol. The van der Waals surface area contributed by atoms with Gasteiger partial charge in [0.1, 0.15) is 5.82 Å². The van der Waals surface area contributed by atoms with Gasteiger partial charge in [0.25, 0.3) is 9.84 Å². The summed E-state index contributed by atoms with van der Waals surface area (Å²) < 4.78 is 61.3. The Balaban J connectivity index is 1.71. The molecule has 1 aromatic carbocycles. The van der Waals surface area contributed by atoms with Crippen LogP contribution in [0, 0.1) is 0 Å². The zero-order valence-electron chi connectivity index (χ0n) is 17.8. The van der Waals surface area contributed by atoms with E-state index >= 15 is 0 Å². The number of pyridine rings is 1. The molecule has 170 valence electrons.